The van der Waals surface area contributed by atoms with Gasteiger partial charge in [-0.3, -0.25) is 9.79 Å². The molecule has 1 saturated carbocycles. The number of aliphatic hydroxyl groups excluding tert-OH is 2. The molecule has 0 bridgehead atoms. The van der Waals surface area contributed by atoms with Gasteiger partial charge in [0, 0.05) is 20.2 Å². The highest BCUT2D eigenvalue weighted by molar-refractivity contribution is 5.79. The van der Waals surface area contributed by atoms with Gasteiger partial charge in [0.2, 0.25) is 5.91 Å². The van der Waals surface area contributed by atoms with Crippen LogP contribution in [0.4, 0.5) is 0 Å². The predicted octanol–water partition coefficient (Wildman–Crippen LogP) is -3.56. The second-order valence-electron chi connectivity index (χ2n) is 7.99. The zero-order valence-electron chi connectivity index (χ0n) is 17.7. The summed E-state index contributed by atoms with van der Waals surface area (Å²) in [6, 6.07) is -2.62. The smallest absolute Gasteiger partial charge is 0.244 e. The maximum atomic E-state index is 12.4. The first-order valence-electron chi connectivity index (χ1n) is 10.1. The molecule has 12 nitrogen and oxygen atoms in total. The summed E-state index contributed by atoms with van der Waals surface area (Å²) < 4.78 is 17.2. The van der Waals surface area contributed by atoms with Gasteiger partial charge in [-0.1, -0.05) is 0 Å². The van der Waals surface area contributed by atoms with Crippen molar-refractivity contribution in [3.05, 3.63) is 0 Å². The van der Waals surface area contributed by atoms with Gasteiger partial charge in [-0.15, -0.1) is 0 Å². The molecule has 0 aromatic carbocycles. The molecule has 1 heterocycles. The summed E-state index contributed by atoms with van der Waals surface area (Å²) in [6.07, 6.45) is -3.29. The van der Waals surface area contributed by atoms with Crippen LogP contribution in [0.15, 0.2) is 4.99 Å². The summed E-state index contributed by atoms with van der Waals surface area (Å²) in [4.78, 5) is 17.4. The molecule has 0 radical (unpaired) electrons. The van der Waals surface area contributed by atoms with E-state index in [1.165, 1.54) is 19.1 Å². The Balaban J connectivity index is 2.23. The zero-order chi connectivity index (χ0) is 22.6. The lowest BCUT2D eigenvalue weighted by atomic mass is 9.80. The third-order valence-electron chi connectivity index (χ3n) is 5.90. The summed E-state index contributed by atoms with van der Waals surface area (Å²) in [7, 11) is 2.84. The lowest BCUT2D eigenvalue weighted by Gasteiger charge is -2.50. The average Bonchev–Trinajstić information content (AvgIpc) is 2.72. The molecule has 1 aliphatic carbocycles. The van der Waals surface area contributed by atoms with Crippen molar-refractivity contribution in [2.24, 2.45) is 27.9 Å². The Kier molecular flexibility index (Phi) is 8.94. The number of ether oxygens (including phenoxy) is 3. The third-order valence-corrected chi connectivity index (χ3v) is 5.90. The highest BCUT2D eigenvalue weighted by Gasteiger charge is 2.53. The van der Waals surface area contributed by atoms with Gasteiger partial charge in [0.25, 0.3) is 0 Å². The Morgan fingerprint density at radius 3 is 2.53 bits per heavy atom. The monoisotopic (exact) mass is 432 g/mol. The summed E-state index contributed by atoms with van der Waals surface area (Å²) in [5, 5.41) is 21.8. The van der Waals surface area contributed by atoms with Crippen molar-refractivity contribution in [1.29, 1.82) is 0 Å². The quantitative estimate of drug-likeness (QED) is 0.172. The number of rotatable bonds is 7. The molecule has 0 spiro atoms. The molecular formula is C18H36N6O6. The Morgan fingerprint density at radius 1 is 1.30 bits per heavy atom. The summed E-state index contributed by atoms with van der Waals surface area (Å²) in [6.45, 7) is 1.61. The normalized spacial score (nSPS) is 41.0. The number of likely N-dealkylation sites (N-methyl/N-ethyl adjacent to an activating group) is 1. The van der Waals surface area contributed by atoms with Crippen LogP contribution < -0.4 is 22.9 Å². The van der Waals surface area contributed by atoms with Crippen molar-refractivity contribution in [2.45, 2.75) is 80.7 Å². The zero-order valence-corrected chi connectivity index (χ0v) is 17.7. The molecule has 1 aliphatic heterocycles. The number of carbonyl (C=O) groups excluding carboxylic acids is 1. The van der Waals surface area contributed by atoms with Crippen LogP contribution in [-0.4, -0.2) is 109 Å². The fourth-order valence-electron chi connectivity index (χ4n) is 4.05. The van der Waals surface area contributed by atoms with Crippen molar-refractivity contribution in [2.75, 3.05) is 20.7 Å². The Hall–Kier alpha value is -1.38. The molecule has 30 heavy (non-hydrogen) atoms. The van der Waals surface area contributed by atoms with E-state index in [4.69, 9.17) is 37.1 Å². The van der Waals surface area contributed by atoms with Crippen LogP contribution in [0.3, 0.4) is 0 Å². The summed E-state index contributed by atoms with van der Waals surface area (Å²) in [5.74, 6) is -0.424. The Morgan fingerprint density at radius 2 is 1.97 bits per heavy atom. The first-order chi connectivity index (χ1) is 14.1. The second-order valence-corrected chi connectivity index (χ2v) is 7.99. The number of methoxy groups -OCH3 is 1. The van der Waals surface area contributed by atoms with Gasteiger partial charge in [-0.25, -0.2) is 0 Å². The van der Waals surface area contributed by atoms with Gasteiger partial charge in [-0.05, 0) is 19.8 Å². The molecule has 0 aromatic rings. The molecule has 0 unspecified atom stereocenters. The number of nitrogens with two attached hydrogens (primary N) is 4. The molecule has 2 fully saturated rings. The number of amides is 1. The topological polar surface area (TPSA) is 205 Å². The van der Waals surface area contributed by atoms with Crippen LogP contribution in [0, 0.1) is 0 Å². The van der Waals surface area contributed by atoms with E-state index in [0.29, 0.717) is 12.8 Å². The van der Waals surface area contributed by atoms with Crippen LogP contribution in [0.25, 0.3) is 0 Å². The van der Waals surface area contributed by atoms with E-state index in [-0.39, 0.29) is 18.7 Å². The number of hydrogen-bond donors (Lipinski definition) is 6. The molecule has 1 amide bonds. The minimum absolute atomic E-state index is 0.215. The molecular weight excluding hydrogens is 396 g/mol. The number of aliphatic hydroxyl groups is 2. The summed E-state index contributed by atoms with van der Waals surface area (Å²) >= 11 is 0. The maximum absolute atomic E-state index is 12.4. The third kappa shape index (κ3) is 5.26. The van der Waals surface area contributed by atoms with E-state index in [2.05, 4.69) is 4.99 Å². The predicted molar refractivity (Wildman–Crippen MR) is 109 cm³/mol. The molecule has 10 atom stereocenters. The van der Waals surface area contributed by atoms with Crippen LogP contribution in [-0.2, 0) is 19.0 Å². The lowest BCUT2D eigenvalue weighted by Crippen LogP contribution is -2.72. The Labute approximate surface area is 176 Å². The molecule has 12 heteroatoms. The number of carbonyl (C=O) groups is 1. The van der Waals surface area contributed by atoms with Crippen molar-refractivity contribution in [3.8, 4) is 0 Å². The second kappa shape index (κ2) is 10.8. The molecule has 2 rings (SSSR count). The van der Waals surface area contributed by atoms with Crippen molar-refractivity contribution in [1.82, 2.24) is 4.90 Å². The minimum Gasteiger partial charge on any atom is -0.390 e. The van der Waals surface area contributed by atoms with E-state index >= 15 is 0 Å². The van der Waals surface area contributed by atoms with Crippen molar-refractivity contribution < 1.29 is 29.2 Å². The fourth-order valence-corrected chi connectivity index (χ4v) is 4.05. The molecule has 1 saturated heterocycles. The van der Waals surface area contributed by atoms with Gasteiger partial charge in [0.15, 0.2) is 6.29 Å². The highest BCUT2D eigenvalue weighted by atomic mass is 16.7. The van der Waals surface area contributed by atoms with Gasteiger partial charge in [0.1, 0.15) is 24.9 Å². The molecule has 174 valence electrons. The average molecular weight is 433 g/mol. The SMILES string of the molecule is CO[C@H]1[C@@H](O)[C@@H](N)[C@@H](O[C@H]2O[C@H]([C@@H](C)N)CC[C@@H]2N)[C@@H](O)[C@H]1N(C)C(=O)CN=CN. The van der Waals surface area contributed by atoms with Crippen LogP contribution in [0.5, 0.6) is 0 Å². The summed E-state index contributed by atoms with van der Waals surface area (Å²) in [5.41, 5.74) is 23.5. The Bertz CT molecular complexity index is 596. The maximum Gasteiger partial charge on any atom is 0.244 e. The van der Waals surface area contributed by atoms with Gasteiger partial charge in [0.05, 0.1) is 36.7 Å². The first-order valence-corrected chi connectivity index (χ1v) is 10.1. The van der Waals surface area contributed by atoms with Crippen molar-refractivity contribution in [3.63, 3.8) is 0 Å². The highest BCUT2D eigenvalue weighted by Crippen LogP contribution is 2.31. The standard InChI is InChI=1S/C18H36N6O6/c1-8(20)10-5-4-9(21)18(29-10)30-16-12(22)14(26)17(28-3)13(15(16)27)24(2)11(25)6-23-7-19/h7-10,12-18,26-27H,4-6,20-22H2,1-3H3,(H2,19,23)/t8-,9+,10+,12-,13-,14+,15+,16-,17-,18-/m1/s1. The van der Waals surface area contributed by atoms with Gasteiger partial charge < -0.3 is 52.3 Å². The lowest BCUT2D eigenvalue weighted by molar-refractivity contribution is -0.267. The van der Waals surface area contributed by atoms with Gasteiger partial charge >= 0.3 is 0 Å². The largest absolute Gasteiger partial charge is 0.390 e. The van der Waals surface area contributed by atoms with E-state index < -0.39 is 54.7 Å². The van der Waals surface area contributed by atoms with E-state index in [1.807, 2.05) is 6.92 Å². The minimum atomic E-state index is -1.28. The molecule has 10 N–H and O–H groups in total. The first kappa shape index (κ1) is 24.9. The molecule has 0 aromatic heterocycles. The number of hydrogen-bond acceptors (Lipinski definition) is 10. The van der Waals surface area contributed by atoms with E-state index in [1.54, 1.807) is 0 Å². The number of nitrogens with zero attached hydrogens (tertiary/aromatic N) is 2. The molecule has 2 aliphatic rings. The van der Waals surface area contributed by atoms with Gasteiger partial charge in [-0.2, -0.15) is 0 Å². The van der Waals surface area contributed by atoms with Crippen LogP contribution in [0.2, 0.25) is 0 Å². The van der Waals surface area contributed by atoms with Crippen LogP contribution in [0.1, 0.15) is 19.8 Å². The number of aliphatic imine (C=N–C) groups is 1. The van der Waals surface area contributed by atoms with E-state index in [0.717, 1.165) is 6.34 Å². The van der Waals surface area contributed by atoms with Crippen molar-refractivity contribution >= 4 is 12.2 Å². The van der Waals surface area contributed by atoms with Crippen LogP contribution >= 0.6 is 0 Å². The fraction of sp³-hybridized carbons (Fsp3) is 0.889. The van der Waals surface area contributed by atoms with E-state index in [9.17, 15) is 15.0 Å².